The number of furan rings is 4. The van der Waals surface area contributed by atoms with Gasteiger partial charge in [0.15, 0.2) is 0 Å². The molecule has 132 heavy (non-hydrogen) atoms. The van der Waals surface area contributed by atoms with Crippen molar-refractivity contribution in [3.05, 3.63) is 472 Å². The van der Waals surface area contributed by atoms with Crippen LogP contribution in [0.15, 0.2) is 473 Å². The van der Waals surface area contributed by atoms with Crippen LogP contribution in [0.4, 0.5) is 61.3 Å². The van der Waals surface area contributed by atoms with Gasteiger partial charge >= 0.3 is 0 Å². The Balaban J connectivity index is 0.0000000980. The summed E-state index contributed by atoms with van der Waals surface area (Å²) >= 11 is 1.85. The lowest BCUT2D eigenvalue weighted by atomic mass is 9.82. The molecule has 5 heterocycles. The van der Waals surface area contributed by atoms with E-state index in [-0.39, 0.29) is 11.2 Å². The van der Waals surface area contributed by atoms with Gasteiger partial charge in [-0.05, 0) is 225 Å². The summed E-state index contributed by atoms with van der Waals surface area (Å²) in [5.41, 5.74) is 29.6. The molecule has 9 nitrogen and oxygen atoms in total. The maximum absolute atomic E-state index is 13.4. The van der Waals surface area contributed by atoms with Crippen LogP contribution in [0.3, 0.4) is 0 Å². The lowest BCUT2D eigenvalue weighted by Crippen LogP contribution is -2.15. The molecule has 0 saturated heterocycles. The molecule has 26 rings (SSSR count). The fourth-order valence-corrected chi connectivity index (χ4v) is 19.4. The molecule has 0 radical (unpaired) electrons. The number of nitrogens with one attached hydrogen (secondary N) is 5. The predicted molar refractivity (Wildman–Crippen MR) is 554 cm³/mol. The van der Waals surface area contributed by atoms with E-state index in [1.807, 2.05) is 175 Å². The fourth-order valence-electron chi connectivity index (χ4n) is 18.3. The number of benzene rings is 20. The average Bonchev–Trinajstić information content (AvgIpc) is 1.57. The fraction of sp³-hybridized carbons (Fsp3) is 0.0248. The molecule has 0 aliphatic heterocycles. The zero-order valence-corrected chi connectivity index (χ0v) is 73.0. The van der Waals surface area contributed by atoms with Crippen molar-refractivity contribution >= 4 is 187 Å². The van der Waals surface area contributed by atoms with E-state index in [2.05, 4.69) is 307 Å². The van der Waals surface area contributed by atoms with E-state index < -0.39 is 0 Å². The first-order valence-corrected chi connectivity index (χ1v) is 45.1. The molecule has 0 saturated carbocycles. The van der Waals surface area contributed by atoms with E-state index in [1.54, 1.807) is 12.1 Å². The molecule has 1 aliphatic rings. The third-order valence-electron chi connectivity index (χ3n) is 24.7. The summed E-state index contributed by atoms with van der Waals surface area (Å²) in [6, 6.07) is 155. The van der Waals surface area contributed by atoms with Crippen LogP contribution in [0.5, 0.6) is 0 Å². The first kappa shape index (κ1) is 80.8. The molecule has 0 fully saturated rings. The number of anilines is 10. The smallest absolute Gasteiger partial charge is 0.143 e. The zero-order chi connectivity index (χ0) is 88.4. The summed E-state index contributed by atoms with van der Waals surface area (Å²) in [6.45, 7) is 4.62. The number of hydrogen-bond donors (Lipinski definition) is 5. The number of fused-ring (bicyclic) bond motifs is 19. The van der Waals surface area contributed by atoms with E-state index in [0.717, 1.165) is 167 Å². The molecule has 5 aromatic heterocycles. The van der Waals surface area contributed by atoms with Crippen molar-refractivity contribution in [2.24, 2.45) is 0 Å². The minimum absolute atomic E-state index is 0.00202. The minimum Gasteiger partial charge on any atom is -0.456 e. The van der Waals surface area contributed by atoms with Crippen LogP contribution in [0.1, 0.15) is 25.0 Å². The maximum Gasteiger partial charge on any atom is 0.143 e. The standard InChI is InChI=1S/C34H23NO.C27H21NO.C24H16FNO.C18H13NO.C18H13NS/c1-2-8-23(9-3-1)25-14-16-26(17-15-25)31-21-29(22-32-30-12-6-7-13-33(30)36-34(31)32)35-28-19-18-24-10-4-5-11-27(24)20-28;1-27(2)21-10-5-3-8-18(21)19-15-14-17(16-22(19)27)28-23-11-7-13-25-26(23)20-9-4-6-12-24(20)29-25;25-17-12-10-16(11-13-17)21-14-19(26-18-6-2-1-3-7-18)15-22-20-8-4-5-9-23(20)27-24(21)22;1-2-7-13(8-3-1)19-15-10-6-12-17-18(15)14-9-4-5-11-16(14)20-17;1-2-6-13(7-3-1)19-14-10-11-18-16(12-14)15-8-4-5-9-17(15)20-18/h1-22,35H;3-16,28H,1-2H3;1-15,26H;2*1-12,19H. The summed E-state index contributed by atoms with van der Waals surface area (Å²) < 4.78 is 40.6. The van der Waals surface area contributed by atoms with Crippen molar-refractivity contribution in [2.75, 3.05) is 26.6 Å². The van der Waals surface area contributed by atoms with Gasteiger partial charge in [-0.3, -0.25) is 0 Å². The van der Waals surface area contributed by atoms with Crippen LogP contribution in [0.25, 0.3) is 163 Å². The second kappa shape index (κ2) is 35.3. The summed E-state index contributed by atoms with van der Waals surface area (Å²) in [5.74, 6) is -0.252. The molecule has 5 N–H and O–H groups in total. The van der Waals surface area contributed by atoms with Gasteiger partial charge in [-0.2, -0.15) is 0 Å². The highest BCUT2D eigenvalue weighted by atomic mass is 32.1. The van der Waals surface area contributed by atoms with Crippen molar-refractivity contribution in [1.29, 1.82) is 0 Å². The first-order valence-electron chi connectivity index (χ1n) is 44.3. The molecule has 0 amide bonds. The number of hydrogen-bond acceptors (Lipinski definition) is 10. The molecule has 0 unspecified atom stereocenters. The number of halogens is 1. The van der Waals surface area contributed by atoms with Crippen molar-refractivity contribution in [2.45, 2.75) is 19.3 Å². The topological polar surface area (TPSA) is 113 Å². The molecule has 0 atom stereocenters. The largest absolute Gasteiger partial charge is 0.456 e. The molecule has 1 aliphatic carbocycles. The molecule has 0 spiro atoms. The molecular formula is C121H86FN5O4S. The van der Waals surface area contributed by atoms with Crippen LogP contribution in [0.2, 0.25) is 0 Å². The monoisotopic (exact) mass is 1720 g/mol. The number of thiophene rings is 1. The molecule has 632 valence electrons. The Morgan fingerprint density at radius 3 is 1.19 bits per heavy atom. The van der Waals surface area contributed by atoms with Crippen LogP contribution in [-0.4, -0.2) is 0 Å². The zero-order valence-electron chi connectivity index (χ0n) is 72.2. The van der Waals surface area contributed by atoms with E-state index in [1.165, 1.54) is 76.5 Å². The van der Waals surface area contributed by atoms with Crippen LogP contribution in [0, 0.1) is 5.82 Å². The third-order valence-corrected chi connectivity index (χ3v) is 25.8. The Hall–Kier alpha value is -17.0. The molecular weight excluding hydrogens is 1640 g/mol. The SMILES string of the molecule is CC1(C)c2ccccc2-c2ccc(Nc3cccc4oc5ccccc5c34)cc21.Fc1ccc(-c2cc(Nc3ccccc3)cc3c2oc2ccccc23)cc1.c1ccc(-c2ccc(-c3cc(Nc4ccc5ccccc5c4)cc4c3oc3ccccc34)cc2)cc1.c1ccc(Nc2ccc3sc4ccccc4c3c2)cc1.c1ccc(Nc2cccc3oc4ccccc4c23)cc1. The van der Waals surface area contributed by atoms with E-state index in [9.17, 15) is 4.39 Å². The van der Waals surface area contributed by atoms with Crippen LogP contribution < -0.4 is 26.6 Å². The van der Waals surface area contributed by atoms with Gasteiger partial charge in [0.1, 0.15) is 50.5 Å². The van der Waals surface area contributed by atoms with E-state index >= 15 is 0 Å². The Kier molecular flexibility index (Phi) is 21.6. The van der Waals surface area contributed by atoms with Crippen molar-refractivity contribution < 1.29 is 22.1 Å². The normalized spacial score (nSPS) is 11.8. The molecule has 0 bridgehead atoms. The number of para-hydroxylation sites is 7. The van der Waals surface area contributed by atoms with Gasteiger partial charge in [-0.25, -0.2) is 4.39 Å². The second-order valence-electron chi connectivity index (χ2n) is 33.5. The van der Waals surface area contributed by atoms with Gasteiger partial charge in [0.05, 0.1) is 22.1 Å². The summed E-state index contributed by atoms with van der Waals surface area (Å²) in [7, 11) is 0. The maximum atomic E-state index is 13.4. The van der Waals surface area contributed by atoms with E-state index in [4.69, 9.17) is 17.7 Å². The third kappa shape index (κ3) is 16.3. The van der Waals surface area contributed by atoms with Gasteiger partial charge in [0, 0.05) is 115 Å². The summed E-state index contributed by atoms with van der Waals surface area (Å²) in [4.78, 5) is 0. The quantitative estimate of drug-likeness (QED) is 0.0770. The predicted octanol–water partition coefficient (Wildman–Crippen LogP) is 35.7. The minimum atomic E-state index is -0.252. The van der Waals surface area contributed by atoms with Gasteiger partial charge in [0.2, 0.25) is 0 Å². The van der Waals surface area contributed by atoms with Crippen LogP contribution >= 0.6 is 11.3 Å². The van der Waals surface area contributed by atoms with Crippen LogP contribution in [-0.2, 0) is 5.41 Å². The van der Waals surface area contributed by atoms with Gasteiger partial charge < -0.3 is 44.3 Å². The Labute approximate surface area is 766 Å². The lowest BCUT2D eigenvalue weighted by Gasteiger charge is -2.22. The van der Waals surface area contributed by atoms with Crippen molar-refractivity contribution in [3.63, 3.8) is 0 Å². The van der Waals surface area contributed by atoms with E-state index in [0.29, 0.717) is 0 Å². The van der Waals surface area contributed by atoms with Gasteiger partial charge in [-0.1, -0.05) is 299 Å². The summed E-state index contributed by atoms with van der Waals surface area (Å²) in [6.07, 6.45) is 0. The highest BCUT2D eigenvalue weighted by molar-refractivity contribution is 7.25. The van der Waals surface area contributed by atoms with Gasteiger partial charge in [-0.15, -0.1) is 11.3 Å². The summed E-state index contributed by atoms with van der Waals surface area (Å²) in [5, 5.41) is 31.7. The highest BCUT2D eigenvalue weighted by Gasteiger charge is 2.35. The van der Waals surface area contributed by atoms with Crippen molar-refractivity contribution in [3.8, 4) is 44.5 Å². The van der Waals surface area contributed by atoms with Crippen molar-refractivity contribution in [1.82, 2.24) is 0 Å². The Morgan fingerprint density at radius 2 is 0.606 bits per heavy atom. The highest BCUT2D eigenvalue weighted by Crippen LogP contribution is 2.51. The molecule has 20 aromatic carbocycles. The Bertz CT molecular complexity index is 8540. The Morgan fingerprint density at radius 1 is 0.220 bits per heavy atom. The van der Waals surface area contributed by atoms with Gasteiger partial charge in [0.25, 0.3) is 0 Å². The molecule has 25 aromatic rings. The first-order chi connectivity index (χ1) is 65.0. The lowest BCUT2D eigenvalue weighted by molar-refractivity contribution is 0.628. The second-order valence-corrected chi connectivity index (χ2v) is 34.6. The number of rotatable bonds is 13. The molecule has 11 heteroatoms. The average molecular weight is 1730 g/mol.